The molecular formula is C9H10N2. The zero-order valence-corrected chi connectivity index (χ0v) is 6.49. The van der Waals surface area contributed by atoms with Crippen molar-refractivity contribution in [3.05, 3.63) is 29.9 Å². The van der Waals surface area contributed by atoms with Gasteiger partial charge in [0.05, 0.1) is 18.2 Å². The Bertz CT molecular complexity index is 318. The Kier molecular flexibility index (Phi) is 1.39. The fraction of sp³-hybridized carbons (Fsp3) is 0.222. The number of hydrogen-bond acceptors (Lipinski definition) is 1. The van der Waals surface area contributed by atoms with Crippen molar-refractivity contribution in [2.75, 3.05) is 0 Å². The summed E-state index contributed by atoms with van der Waals surface area (Å²) in [6.45, 7) is 2.12. The topological polar surface area (TPSA) is 17.8 Å². The van der Waals surface area contributed by atoms with Gasteiger partial charge in [-0.15, -0.1) is 0 Å². The van der Waals surface area contributed by atoms with Crippen molar-refractivity contribution < 1.29 is 0 Å². The molecule has 0 saturated carbocycles. The van der Waals surface area contributed by atoms with E-state index in [0.29, 0.717) is 0 Å². The normalized spacial score (nSPS) is 15.5. The number of nitrogens with zero attached hydrogens (tertiary/aromatic N) is 2. The van der Waals surface area contributed by atoms with E-state index < -0.39 is 0 Å². The highest BCUT2D eigenvalue weighted by Crippen LogP contribution is 2.13. The third-order valence-electron chi connectivity index (χ3n) is 1.78. The van der Waals surface area contributed by atoms with Gasteiger partial charge in [-0.3, -0.25) is 0 Å². The largest absolute Gasteiger partial charge is 0.306 e. The monoisotopic (exact) mass is 146 g/mol. The van der Waals surface area contributed by atoms with Crippen molar-refractivity contribution in [2.45, 2.75) is 13.3 Å². The summed E-state index contributed by atoms with van der Waals surface area (Å²) in [6.07, 6.45) is 11.1. The summed E-state index contributed by atoms with van der Waals surface area (Å²) in [5.74, 6) is 0. The molecule has 1 aromatic heterocycles. The van der Waals surface area contributed by atoms with Gasteiger partial charge in [-0.1, -0.05) is 11.6 Å². The van der Waals surface area contributed by atoms with Gasteiger partial charge in [-0.05, 0) is 19.4 Å². The molecule has 0 amide bonds. The van der Waals surface area contributed by atoms with Crippen LogP contribution < -0.4 is 0 Å². The first kappa shape index (κ1) is 6.40. The molecule has 0 aliphatic carbocycles. The van der Waals surface area contributed by atoms with E-state index in [-0.39, 0.29) is 0 Å². The SMILES string of the molecule is CC1=Cn2cncc2C=CC1. The van der Waals surface area contributed by atoms with E-state index in [1.54, 1.807) is 0 Å². The molecule has 0 saturated heterocycles. The van der Waals surface area contributed by atoms with E-state index in [2.05, 4.69) is 30.3 Å². The summed E-state index contributed by atoms with van der Waals surface area (Å²) in [4.78, 5) is 4.05. The summed E-state index contributed by atoms with van der Waals surface area (Å²) >= 11 is 0. The molecule has 2 heterocycles. The number of allylic oxidation sites excluding steroid dienone is 2. The highest BCUT2D eigenvalue weighted by molar-refractivity contribution is 5.52. The number of hydrogen-bond donors (Lipinski definition) is 0. The Morgan fingerprint density at radius 1 is 1.55 bits per heavy atom. The van der Waals surface area contributed by atoms with E-state index in [0.717, 1.165) is 12.1 Å². The zero-order valence-electron chi connectivity index (χ0n) is 6.49. The lowest BCUT2D eigenvalue weighted by Gasteiger charge is -1.95. The van der Waals surface area contributed by atoms with Crippen molar-refractivity contribution in [3.63, 3.8) is 0 Å². The Morgan fingerprint density at radius 2 is 2.45 bits per heavy atom. The standard InChI is InChI=1S/C9H10N2/c1-8-3-2-4-9-5-10-7-11(9)6-8/h2,4-7H,3H2,1H3. The predicted molar refractivity (Wildman–Crippen MR) is 45.8 cm³/mol. The van der Waals surface area contributed by atoms with Crippen LogP contribution in [0.5, 0.6) is 0 Å². The van der Waals surface area contributed by atoms with Crippen molar-refractivity contribution in [3.8, 4) is 0 Å². The zero-order chi connectivity index (χ0) is 7.68. The molecule has 2 rings (SSSR count). The third kappa shape index (κ3) is 1.11. The molecule has 0 atom stereocenters. The van der Waals surface area contributed by atoms with Crippen molar-refractivity contribution in [1.29, 1.82) is 0 Å². The maximum Gasteiger partial charge on any atom is 0.0991 e. The molecular weight excluding hydrogens is 136 g/mol. The number of imidazole rings is 1. The maximum atomic E-state index is 4.05. The molecule has 0 N–H and O–H groups in total. The molecule has 2 heteroatoms. The molecule has 0 fully saturated rings. The molecule has 0 spiro atoms. The molecule has 1 aromatic rings. The second-order valence-electron chi connectivity index (χ2n) is 2.81. The average molecular weight is 146 g/mol. The molecule has 56 valence electrons. The molecule has 1 aliphatic rings. The molecule has 0 radical (unpaired) electrons. The van der Waals surface area contributed by atoms with Gasteiger partial charge in [-0.2, -0.15) is 0 Å². The molecule has 0 unspecified atom stereocenters. The quantitative estimate of drug-likeness (QED) is 0.548. The van der Waals surface area contributed by atoms with Gasteiger partial charge < -0.3 is 4.57 Å². The van der Waals surface area contributed by atoms with Gasteiger partial charge in [0.25, 0.3) is 0 Å². The highest BCUT2D eigenvalue weighted by Gasteiger charge is 1.98. The van der Waals surface area contributed by atoms with Crippen molar-refractivity contribution in [2.24, 2.45) is 0 Å². The van der Waals surface area contributed by atoms with Crippen LogP contribution in [0, 0.1) is 0 Å². The van der Waals surface area contributed by atoms with Crippen LogP contribution in [-0.2, 0) is 0 Å². The Hall–Kier alpha value is -1.31. The summed E-state index contributed by atoms with van der Waals surface area (Å²) in [5.41, 5.74) is 2.51. The third-order valence-corrected chi connectivity index (χ3v) is 1.78. The van der Waals surface area contributed by atoms with Crippen LogP contribution >= 0.6 is 0 Å². The summed E-state index contributed by atoms with van der Waals surface area (Å²) in [5, 5.41) is 0. The van der Waals surface area contributed by atoms with Crippen LogP contribution in [-0.4, -0.2) is 9.55 Å². The lowest BCUT2D eigenvalue weighted by molar-refractivity contribution is 1.10. The maximum absolute atomic E-state index is 4.05. The number of rotatable bonds is 0. The lowest BCUT2D eigenvalue weighted by Crippen LogP contribution is -1.85. The molecule has 11 heavy (non-hydrogen) atoms. The summed E-state index contributed by atoms with van der Waals surface area (Å²) in [7, 11) is 0. The average Bonchev–Trinajstić information content (AvgIpc) is 2.31. The smallest absolute Gasteiger partial charge is 0.0991 e. The van der Waals surface area contributed by atoms with Gasteiger partial charge >= 0.3 is 0 Å². The van der Waals surface area contributed by atoms with Gasteiger partial charge in [0, 0.05) is 6.20 Å². The van der Waals surface area contributed by atoms with Crippen LogP contribution in [0.15, 0.2) is 24.2 Å². The highest BCUT2D eigenvalue weighted by atomic mass is 15.0. The summed E-state index contributed by atoms with van der Waals surface area (Å²) in [6, 6.07) is 0. The molecule has 0 aromatic carbocycles. The predicted octanol–water partition coefficient (Wildman–Crippen LogP) is 2.16. The second kappa shape index (κ2) is 2.38. The minimum absolute atomic E-state index is 1.04. The lowest BCUT2D eigenvalue weighted by atomic mass is 10.2. The number of aromatic nitrogens is 2. The fourth-order valence-electron chi connectivity index (χ4n) is 1.21. The van der Waals surface area contributed by atoms with Crippen molar-refractivity contribution in [1.82, 2.24) is 9.55 Å². The Balaban J connectivity index is 2.55. The van der Waals surface area contributed by atoms with Gasteiger partial charge in [0.15, 0.2) is 0 Å². The van der Waals surface area contributed by atoms with E-state index in [1.807, 2.05) is 17.1 Å². The van der Waals surface area contributed by atoms with Gasteiger partial charge in [0.1, 0.15) is 0 Å². The number of fused-ring (bicyclic) bond motifs is 1. The minimum atomic E-state index is 1.04. The van der Waals surface area contributed by atoms with E-state index in [1.165, 1.54) is 5.57 Å². The van der Waals surface area contributed by atoms with Crippen LogP contribution in [0.25, 0.3) is 12.3 Å². The van der Waals surface area contributed by atoms with Crippen LogP contribution in [0.1, 0.15) is 19.0 Å². The molecule has 2 nitrogen and oxygen atoms in total. The summed E-state index contributed by atoms with van der Waals surface area (Å²) < 4.78 is 2.04. The Labute approximate surface area is 65.9 Å². The second-order valence-corrected chi connectivity index (χ2v) is 2.81. The fourth-order valence-corrected chi connectivity index (χ4v) is 1.21. The van der Waals surface area contributed by atoms with Crippen LogP contribution in [0.3, 0.4) is 0 Å². The van der Waals surface area contributed by atoms with E-state index >= 15 is 0 Å². The van der Waals surface area contributed by atoms with Gasteiger partial charge in [-0.25, -0.2) is 4.98 Å². The first-order valence-electron chi connectivity index (χ1n) is 3.72. The van der Waals surface area contributed by atoms with Crippen LogP contribution in [0.4, 0.5) is 0 Å². The minimum Gasteiger partial charge on any atom is -0.306 e. The first-order valence-corrected chi connectivity index (χ1v) is 3.72. The van der Waals surface area contributed by atoms with E-state index in [9.17, 15) is 0 Å². The van der Waals surface area contributed by atoms with E-state index in [4.69, 9.17) is 0 Å². The van der Waals surface area contributed by atoms with Crippen LogP contribution in [0.2, 0.25) is 0 Å². The first-order chi connectivity index (χ1) is 5.36. The Morgan fingerprint density at radius 3 is 3.36 bits per heavy atom. The van der Waals surface area contributed by atoms with Gasteiger partial charge in [0.2, 0.25) is 0 Å². The molecule has 0 bridgehead atoms. The molecule has 1 aliphatic heterocycles. The van der Waals surface area contributed by atoms with Crippen molar-refractivity contribution >= 4 is 12.3 Å².